The van der Waals surface area contributed by atoms with Crippen LogP contribution in [0.5, 0.6) is 0 Å². The summed E-state index contributed by atoms with van der Waals surface area (Å²) in [6.07, 6.45) is 5.42. The highest BCUT2D eigenvalue weighted by molar-refractivity contribution is 5.82. The predicted molar refractivity (Wildman–Crippen MR) is 82.8 cm³/mol. The van der Waals surface area contributed by atoms with Crippen LogP contribution in [0.1, 0.15) is 46.0 Å². The first kappa shape index (κ1) is 16.3. The van der Waals surface area contributed by atoms with Crippen molar-refractivity contribution in [3.63, 3.8) is 0 Å². The molecule has 0 spiro atoms. The molecule has 0 aliphatic carbocycles. The van der Waals surface area contributed by atoms with E-state index in [0.29, 0.717) is 12.5 Å². The molecule has 0 bridgehead atoms. The van der Waals surface area contributed by atoms with Crippen molar-refractivity contribution in [1.82, 2.24) is 15.5 Å². The number of rotatable bonds is 4. The van der Waals surface area contributed by atoms with E-state index in [0.717, 1.165) is 45.3 Å². The van der Waals surface area contributed by atoms with Gasteiger partial charge in [-0.15, -0.1) is 0 Å². The molecule has 2 aliphatic rings. The second-order valence-electron chi connectivity index (χ2n) is 6.69. The lowest BCUT2D eigenvalue weighted by Crippen LogP contribution is -2.52. The highest BCUT2D eigenvalue weighted by atomic mass is 16.2. The van der Waals surface area contributed by atoms with Crippen molar-refractivity contribution >= 4 is 11.8 Å². The molecule has 2 unspecified atom stereocenters. The first-order valence-electron chi connectivity index (χ1n) is 8.38. The minimum Gasteiger partial charge on any atom is -0.356 e. The standard InChI is InChI=1S/C16H29N3O2/c1-12(2)15(20)18-10-13-6-5-9-19(11-13)16(21)14-7-3-4-8-17-14/h12-14,17H,3-11H2,1-2H3,(H,18,20). The predicted octanol–water partition coefficient (Wildman–Crippen LogP) is 1.14. The van der Waals surface area contributed by atoms with Crippen LogP contribution in [0.4, 0.5) is 0 Å². The summed E-state index contributed by atoms with van der Waals surface area (Å²) in [7, 11) is 0. The van der Waals surface area contributed by atoms with Gasteiger partial charge in [-0.3, -0.25) is 9.59 Å². The highest BCUT2D eigenvalue weighted by Gasteiger charge is 2.29. The van der Waals surface area contributed by atoms with Gasteiger partial charge < -0.3 is 15.5 Å². The Balaban J connectivity index is 1.79. The fourth-order valence-corrected chi connectivity index (χ4v) is 3.16. The fraction of sp³-hybridized carbons (Fsp3) is 0.875. The molecule has 2 rings (SSSR count). The largest absolute Gasteiger partial charge is 0.356 e. The first-order chi connectivity index (χ1) is 10.1. The van der Waals surface area contributed by atoms with Crippen LogP contribution in [0.2, 0.25) is 0 Å². The van der Waals surface area contributed by atoms with Gasteiger partial charge in [0.05, 0.1) is 6.04 Å². The third kappa shape index (κ3) is 4.70. The number of likely N-dealkylation sites (tertiary alicyclic amines) is 1. The molecule has 0 aromatic rings. The Morgan fingerprint density at radius 1 is 1.24 bits per heavy atom. The van der Waals surface area contributed by atoms with Crippen LogP contribution in [0.25, 0.3) is 0 Å². The first-order valence-corrected chi connectivity index (χ1v) is 8.38. The summed E-state index contributed by atoms with van der Waals surface area (Å²) in [5.74, 6) is 0.786. The van der Waals surface area contributed by atoms with E-state index in [1.54, 1.807) is 0 Å². The van der Waals surface area contributed by atoms with E-state index < -0.39 is 0 Å². The Morgan fingerprint density at radius 2 is 2.05 bits per heavy atom. The molecule has 0 aromatic heterocycles. The maximum absolute atomic E-state index is 12.5. The molecule has 0 aromatic carbocycles. The molecule has 21 heavy (non-hydrogen) atoms. The van der Waals surface area contributed by atoms with Gasteiger partial charge in [-0.1, -0.05) is 20.3 Å². The molecular weight excluding hydrogens is 266 g/mol. The highest BCUT2D eigenvalue weighted by Crippen LogP contribution is 2.18. The van der Waals surface area contributed by atoms with Crippen LogP contribution in [0.15, 0.2) is 0 Å². The van der Waals surface area contributed by atoms with Crippen LogP contribution < -0.4 is 10.6 Å². The number of piperidine rings is 2. The van der Waals surface area contributed by atoms with Crippen molar-refractivity contribution in [3.8, 4) is 0 Å². The molecule has 2 amide bonds. The summed E-state index contributed by atoms with van der Waals surface area (Å²) in [5.41, 5.74) is 0. The normalized spacial score (nSPS) is 26.7. The Morgan fingerprint density at radius 3 is 2.71 bits per heavy atom. The van der Waals surface area contributed by atoms with Crippen molar-refractivity contribution in [2.75, 3.05) is 26.2 Å². The summed E-state index contributed by atoms with van der Waals surface area (Å²) in [4.78, 5) is 26.2. The number of nitrogens with zero attached hydrogens (tertiary/aromatic N) is 1. The van der Waals surface area contributed by atoms with Crippen molar-refractivity contribution in [2.24, 2.45) is 11.8 Å². The summed E-state index contributed by atoms with van der Waals surface area (Å²) < 4.78 is 0. The van der Waals surface area contributed by atoms with E-state index >= 15 is 0 Å². The maximum atomic E-state index is 12.5. The van der Waals surface area contributed by atoms with E-state index in [9.17, 15) is 9.59 Å². The van der Waals surface area contributed by atoms with Gasteiger partial charge in [-0.05, 0) is 38.1 Å². The molecule has 2 aliphatic heterocycles. The number of amides is 2. The van der Waals surface area contributed by atoms with Gasteiger partial charge in [-0.2, -0.15) is 0 Å². The Hall–Kier alpha value is -1.10. The molecule has 2 N–H and O–H groups in total. The van der Waals surface area contributed by atoms with Gasteiger partial charge in [0.25, 0.3) is 0 Å². The topological polar surface area (TPSA) is 61.4 Å². The van der Waals surface area contributed by atoms with Crippen LogP contribution in [-0.4, -0.2) is 48.9 Å². The average Bonchev–Trinajstić information content (AvgIpc) is 2.53. The number of hydrogen-bond acceptors (Lipinski definition) is 3. The smallest absolute Gasteiger partial charge is 0.239 e. The van der Waals surface area contributed by atoms with Crippen LogP contribution in [0.3, 0.4) is 0 Å². The number of carbonyl (C=O) groups excluding carboxylic acids is 2. The molecule has 120 valence electrons. The third-order valence-electron chi connectivity index (χ3n) is 4.53. The Bertz CT molecular complexity index is 365. The average molecular weight is 295 g/mol. The third-order valence-corrected chi connectivity index (χ3v) is 4.53. The van der Waals surface area contributed by atoms with Crippen LogP contribution >= 0.6 is 0 Å². The van der Waals surface area contributed by atoms with Crippen LogP contribution in [-0.2, 0) is 9.59 Å². The fourth-order valence-electron chi connectivity index (χ4n) is 3.16. The summed E-state index contributed by atoms with van der Waals surface area (Å²) in [6, 6.07) is 0.0164. The van der Waals surface area contributed by atoms with E-state index in [1.807, 2.05) is 18.7 Å². The zero-order valence-corrected chi connectivity index (χ0v) is 13.4. The lowest BCUT2D eigenvalue weighted by Gasteiger charge is -2.36. The summed E-state index contributed by atoms with van der Waals surface area (Å²) >= 11 is 0. The molecule has 0 radical (unpaired) electrons. The molecule has 2 fully saturated rings. The second-order valence-corrected chi connectivity index (χ2v) is 6.69. The van der Waals surface area contributed by atoms with Crippen molar-refractivity contribution < 1.29 is 9.59 Å². The second kappa shape index (κ2) is 7.78. The molecule has 0 saturated carbocycles. The van der Waals surface area contributed by atoms with Gasteiger partial charge in [0.2, 0.25) is 11.8 Å². The van der Waals surface area contributed by atoms with Crippen molar-refractivity contribution in [3.05, 3.63) is 0 Å². The van der Waals surface area contributed by atoms with E-state index in [-0.39, 0.29) is 23.8 Å². The summed E-state index contributed by atoms with van der Waals surface area (Å²) in [6.45, 7) is 7.11. The van der Waals surface area contributed by atoms with E-state index in [2.05, 4.69) is 10.6 Å². The maximum Gasteiger partial charge on any atom is 0.239 e. The Labute approximate surface area is 127 Å². The number of hydrogen-bond donors (Lipinski definition) is 2. The molecule has 2 atom stereocenters. The quantitative estimate of drug-likeness (QED) is 0.817. The van der Waals surface area contributed by atoms with Gasteiger partial charge >= 0.3 is 0 Å². The van der Waals surface area contributed by atoms with Gasteiger partial charge in [0.15, 0.2) is 0 Å². The number of carbonyl (C=O) groups is 2. The lowest BCUT2D eigenvalue weighted by molar-refractivity contribution is -0.135. The molecule has 5 nitrogen and oxygen atoms in total. The van der Waals surface area contributed by atoms with Gasteiger partial charge in [0, 0.05) is 25.6 Å². The van der Waals surface area contributed by atoms with Crippen molar-refractivity contribution in [2.45, 2.75) is 52.0 Å². The summed E-state index contributed by atoms with van der Waals surface area (Å²) in [5, 5.41) is 6.33. The zero-order chi connectivity index (χ0) is 15.2. The minimum atomic E-state index is 0.0164. The molecule has 2 heterocycles. The number of nitrogens with one attached hydrogen (secondary N) is 2. The zero-order valence-electron chi connectivity index (χ0n) is 13.4. The van der Waals surface area contributed by atoms with Crippen molar-refractivity contribution in [1.29, 1.82) is 0 Å². The lowest BCUT2D eigenvalue weighted by atomic mass is 9.96. The Kier molecular flexibility index (Phi) is 6.03. The van der Waals surface area contributed by atoms with E-state index in [4.69, 9.17) is 0 Å². The van der Waals surface area contributed by atoms with Gasteiger partial charge in [-0.25, -0.2) is 0 Å². The van der Waals surface area contributed by atoms with E-state index in [1.165, 1.54) is 6.42 Å². The van der Waals surface area contributed by atoms with Crippen LogP contribution in [0, 0.1) is 11.8 Å². The molecule has 2 saturated heterocycles. The molecule has 5 heteroatoms. The van der Waals surface area contributed by atoms with Gasteiger partial charge in [0.1, 0.15) is 0 Å². The molecular formula is C16H29N3O2. The SMILES string of the molecule is CC(C)C(=O)NCC1CCCN(C(=O)C2CCCCN2)C1. The minimum absolute atomic E-state index is 0.0164. The monoisotopic (exact) mass is 295 g/mol.